The Labute approximate surface area is 381 Å². The van der Waals surface area contributed by atoms with Gasteiger partial charge in [-0.25, -0.2) is 0 Å². The molecule has 1 atom stereocenters. The molecule has 0 aliphatic heterocycles. The number of unbranched alkanes of at least 4 members (excludes halogenated alkanes) is 22. The van der Waals surface area contributed by atoms with Crippen LogP contribution in [-0.4, -0.2) is 37.2 Å². The van der Waals surface area contributed by atoms with Gasteiger partial charge in [-0.1, -0.05) is 214 Å². The summed E-state index contributed by atoms with van der Waals surface area (Å²) in [4.78, 5) is 37.9. The molecule has 0 fully saturated rings. The van der Waals surface area contributed by atoms with Crippen molar-refractivity contribution in [1.82, 2.24) is 0 Å². The fourth-order valence-corrected chi connectivity index (χ4v) is 6.68. The molecule has 0 amide bonds. The molecule has 0 rings (SSSR count). The summed E-state index contributed by atoms with van der Waals surface area (Å²) in [7, 11) is 0. The van der Waals surface area contributed by atoms with Gasteiger partial charge in [-0.15, -0.1) is 0 Å². The Kier molecular flexibility index (Phi) is 47.0. The molecule has 0 spiro atoms. The van der Waals surface area contributed by atoms with Crippen molar-refractivity contribution < 1.29 is 28.6 Å². The first-order valence-electron chi connectivity index (χ1n) is 25.3. The Morgan fingerprint density at radius 3 is 1.05 bits per heavy atom. The van der Waals surface area contributed by atoms with Gasteiger partial charge in [0.05, 0.1) is 0 Å². The summed E-state index contributed by atoms with van der Waals surface area (Å²) in [6, 6.07) is 0. The average molecular weight is 861 g/mol. The van der Waals surface area contributed by atoms with E-state index in [0.29, 0.717) is 19.3 Å². The van der Waals surface area contributed by atoms with Gasteiger partial charge in [0.1, 0.15) is 13.2 Å². The van der Waals surface area contributed by atoms with Crippen LogP contribution in [-0.2, 0) is 28.6 Å². The molecule has 0 aliphatic carbocycles. The number of allylic oxidation sites excluding steroid dienone is 16. The van der Waals surface area contributed by atoms with Crippen LogP contribution < -0.4 is 0 Å². The van der Waals surface area contributed by atoms with Gasteiger partial charge in [-0.3, -0.25) is 14.4 Å². The lowest BCUT2D eigenvalue weighted by Gasteiger charge is -2.18. The lowest BCUT2D eigenvalue weighted by molar-refractivity contribution is -0.167. The van der Waals surface area contributed by atoms with Gasteiger partial charge in [-0.05, 0) is 83.5 Å². The van der Waals surface area contributed by atoms with Gasteiger partial charge in [0.25, 0.3) is 0 Å². The summed E-state index contributed by atoms with van der Waals surface area (Å²) < 4.78 is 16.7. The lowest BCUT2D eigenvalue weighted by atomic mass is 10.1. The van der Waals surface area contributed by atoms with Crippen molar-refractivity contribution >= 4 is 17.9 Å². The SMILES string of the molecule is CC\C=C/C=C\C=C/C=C\CCCCCC(=O)OC(COC(=O)CCCCCCC\C=C/C=C\C=C/CC)COC(=O)CCCCCCC/C=C\CCCCCCCCCCC. The number of esters is 3. The van der Waals surface area contributed by atoms with E-state index in [0.717, 1.165) is 103 Å². The van der Waals surface area contributed by atoms with Crippen LogP contribution in [0, 0.1) is 0 Å². The number of ether oxygens (including phenoxy) is 3. The zero-order valence-electron chi connectivity index (χ0n) is 40.1. The van der Waals surface area contributed by atoms with E-state index in [1.807, 2.05) is 36.5 Å². The third kappa shape index (κ3) is 47.4. The maximum atomic E-state index is 12.8. The Morgan fingerprint density at radius 2 is 0.645 bits per heavy atom. The summed E-state index contributed by atoms with van der Waals surface area (Å²) in [5, 5.41) is 0. The van der Waals surface area contributed by atoms with Crippen molar-refractivity contribution in [3.05, 3.63) is 97.2 Å². The smallest absolute Gasteiger partial charge is 0.306 e. The normalized spacial score (nSPS) is 12.9. The molecule has 0 bridgehead atoms. The number of hydrogen-bond acceptors (Lipinski definition) is 6. The fourth-order valence-electron chi connectivity index (χ4n) is 6.68. The van der Waals surface area contributed by atoms with Gasteiger partial charge < -0.3 is 14.2 Å². The number of hydrogen-bond donors (Lipinski definition) is 0. The van der Waals surface area contributed by atoms with Gasteiger partial charge in [-0.2, -0.15) is 0 Å². The molecule has 0 aromatic heterocycles. The summed E-state index contributed by atoms with van der Waals surface area (Å²) in [5.41, 5.74) is 0. The van der Waals surface area contributed by atoms with Crippen LogP contribution in [0.15, 0.2) is 97.2 Å². The van der Waals surface area contributed by atoms with E-state index in [2.05, 4.69) is 81.5 Å². The highest BCUT2D eigenvalue weighted by Crippen LogP contribution is 2.14. The highest BCUT2D eigenvalue weighted by atomic mass is 16.6. The van der Waals surface area contributed by atoms with Crippen molar-refractivity contribution in [2.75, 3.05) is 13.2 Å². The van der Waals surface area contributed by atoms with Crippen molar-refractivity contribution in [3.63, 3.8) is 0 Å². The molecule has 0 saturated heterocycles. The minimum atomic E-state index is -0.810. The second-order valence-electron chi connectivity index (χ2n) is 16.5. The monoisotopic (exact) mass is 861 g/mol. The number of carbonyl (C=O) groups is 3. The van der Waals surface area contributed by atoms with Gasteiger partial charge in [0.2, 0.25) is 0 Å². The summed E-state index contributed by atoms with van der Waals surface area (Å²) in [6.07, 6.45) is 65.4. The third-order valence-electron chi connectivity index (χ3n) is 10.5. The second-order valence-corrected chi connectivity index (χ2v) is 16.5. The Bertz CT molecular complexity index is 1260. The molecular formula is C56H92O6. The molecule has 0 N–H and O–H groups in total. The summed E-state index contributed by atoms with van der Waals surface area (Å²) in [5.74, 6) is -0.979. The van der Waals surface area contributed by atoms with E-state index >= 15 is 0 Å². The highest BCUT2D eigenvalue weighted by molar-refractivity contribution is 5.71. The maximum absolute atomic E-state index is 12.8. The van der Waals surface area contributed by atoms with Crippen LogP contribution in [0.4, 0.5) is 0 Å². The Balaban J connectivity index is 4.45. The van der Waals surface area contributed by atoms with Crippen LogP contribution in [0.25, 0.3) is 0 Å². The Hall–Kier alpha value is -3.67. The molecular weight excluding hydrogens is 769 g/mol. The highest BCUT2D eigenvalue weighted by Gasteiger charge is 2.19. The largest absolute Gasteiger partial charge is 0.462 e. The zero-order chi connectivity index (χ0) is 45.1. The van der Waals surface area contributed by atoms with Crippen LogP contribution in [0.5, 0.6) is 0 Å². The fraction of sp³-hybridized carbons (Fsp3) is 0.661. The molecule has 0 radical (unpaired) electrons. The molecule has 6 heteroatoms. The summed E-state index contributed by atoms with van der Waals surface area (Å²) >= 11 is 0. The third-order valence-corrected chi connectivity index (χ3v) is 10.5. The van der Waals surface area contributed by atoms with E-state index in [1.165, 1.54) is 70.6 Å². The van der Waals surface area contributed by atoms with E-state index in [1.54, 1.807) is 0 Å². The molecule has 0 saturated carbocycles. The lowest BCUT2D eigenvalue weighted by Crippen LogP contribution is -2.30. The minimum Gasteiger partial charge on any atom is -0.462 e. The van der Waals surface area contributed by atoms with Crippen molar-refractivity contribution in [1.29, 1.82) is 0 Å². The van der Waals surface area contributed by atoms with Crippen molar-refractivity contribution in [2.24, 2.45) is 0 Å². The van der Waals surface area contributed by atoms with Crippen LogP contribution in [0.3, 0.4) is 0 Å². The quantitative estimate of drug-likeness (QED) is 0.0200. The van der Waals surface area contributed by atoms with Gasteiger partial charge in [0, 0.05) is 19.3 Å². The van der Waals surface area contributed by atoms with E-state index in [9.17, 15) is 14.4 Å². The molecule has 0 aromatic carbocycles. The van der Waals surface area contributed by atoms with E-state index in [-0.39, 0.29) is 37.5 Å². The van der Waals surface area contributed by atoms with E-state index < -0.39 is 6.10 Å². The van der Waals surface area contributed by atoms with E-state index in [4.69, 9.17) is 14.2 Å². The first kappa shape index (κ1) is 58.3. The van der Waals surface area contributed by atoms with Crippen LogP contribution in [0.1, 0.15) is 220 Å². The first-order valence-corrected chi connectivity index (χ1v) is 25.3. The van der Waals surface area contributed by atoms with Gasteiger partial charge >= 0.3 is 17.9 Å². The molecule has 62 heavy (non-hydrogen) atoms. The number of carbonyl (C=O) groups excluding carboxylic acids is 3. The molecule has 6 nitrogen and oxygen atoms in total. The average Bonchev–Trinajstić information content (AvgIpc) is 3.27. The minimum absolute atomic E-state index is 0.106. The van der Waals surface area contributed by atoms with Crippen molar-refractivity contribution in [2.45, 2.75) is 226 Å². The predicted molar refractivity (Wildman–Crippen MR) is 265 cm³/mol. The Morgan fingerprint density at radius 1 is 0.339 bits per heavy atom. The van der Waals surface area contributed by atoms with Gasteiger partial charge in [0.15, 0.2) is 6.10 Å². The number of rotatable bonds is 44. The van der Waals surface area contributed by atoms with Crippen LogP contribution >= 0.6 is 0 Å². The molecule has 0 heterocycles. The topological polar surface area (TPSA) is 78.9 Å². The standard InChI is InChI=1S/C56H92O6/c1-4-7-10-13-16-19-22-25-26-27-28-29-32-34-37-40-43-46-49-55(58)61-52-53(62-56(59)50-47-44-41-38-35-31-24-21-18-15-12-9-6-3)51-60-54(57)48-45-42-39-36-33-30-23-20-17-14-11-8-5-2/h8-9,11-12,14-15,17-18,20-21,23-24,28-29,31,35,53H,4-7,10,13,16,19,22,25-27,30,32-34,36-52H2,1-3H3/b11-8-,12-9-,17-14-,18-15-,23-20-,24-21-,29-28-,35-31-. The molecule has 0 aromatic rings. The maximum Gasteiger partial charge on any atom is 0.306 e. The summed E-state index contributed by atoms with van der Waals surface area (Å²) in [6.45, 7) is 6.29. The molecule has 352 valence electrons. The molecule has 0 aliphatic rings. The van der Waals surface area contributed by atoms with Crippen molar-refractivity contribution in [3.8, 4) is 0 Å². The van der Waals surface area contributed by atoms with Crippen LogP contribution in [0.2, 0.25) is 0 Å². The predicted octanol–water partition coefficient (Wildman–Crippen LogP) is 16.6. The zero-order valence-corrected chi connectivity index (χ0v) is 40.1. The first-order chi connectivity index (χ1) is 30.5. The molecule has 1 unspecified atom stereocenters. The second kappa shape index (κ2) is 50.0.